The molecular weight excluding hydrogens is 573 g/mol. The van der Waals surface area contributed by atoms with Crippen molar-refractivity contribution in [2.45, 2.75) is 70.4 Å². The number of ether oxygens (including phenoxy) is 1. The lowest BCUT2D eigenvalue weighted by atomic mass is 9.59. The minimum atomic E-state index is -4.89. The summed E-state index contributed by atoms with van der Waals surface area (Å²) in [6.07, 6.45) is -4.24. The van der Waals surface area contributed by atoms with E-state index >= 15 is 0 Å². The Hall–Kier alpha value is -3.42. The highest BCUT2D eigenvalue weighted by Gasteiger charge is 2.60. The Kier molecular flexibility index (Phi) is 7.89. The number of carbonyl (C=O) groups excluding carboxylic acids is 3. The third-order valence-corrected chi connectivity index (χ3v) is 8.90. The second-order valence-electron chi connectivity index (χ2n) is 12.3. The van der Waals surface area contributed by atoms with E-state index < -0.39 is 99.0 Å². The largest absolute Gasteiger partial charge is 0.508 e. The third-order valence-electron chi connectivity index (χ3n) is 8.90. The van der Waals surface area contributed by atoms with E-state index in [1.807, 2.05) is 18.7 Å². The maximum atomic E-state index is 14.8. The molecule has 0 aliphatic heterocycles. The topological polar surface area (TPSA) is 171 Å². The van der Waals surface area contributed by atoms with Crippen molar-refractivity contribution in [3.05, 3.63) is 45.2 Å². The number of fused-ring (bicyclic) bond motifs is 3. The Bertz CT molecular complexity index is 1450. The normalized spacial score (nSPS) is 25.8. The lowest BCUT2D eigenvalue weighted by Crippen LogP contribution is -2.58. The first-order valence-corrected chi connectivity index (χ1v) is 14.3. The van der Waals surface area contributed by atoms with Gasteiger partial charge in [-0.05, 0) is 68.6 Å². The second-order valence-corrected chi connectivity index (χ2v) is 12.3. The Labute approximate surface area is 245 Å². The smallest absolute Gasteiger partial charge is 0.417 e. The highest BCUT2D eigenvalue weighted by atomic mass is 19.4. The molecule has 234 valence electrons. The van der Waals surface area contributed by atoms with E-state index in [0.717, 1.165) is 18.9 Å². The van der Waals surface area contributed by atoms with E-state index in [2.05, 4.69) is 0 Å². The number of aromatic hydroxyl groups is 1. The van der Waals surface area contributed by atoms with E-state index in [0.29, 0.717) is 25.6 Å². The van der Waals surface area contributed by atoms with Crippen LogP contribution in [-0.2, 0) is 38.3 Å². The molecule has 1 aromatic carbocycles. The van der Waals surface area contributed by atoms with E-state index in [1.54, 1.807) is 0 Å². The van der Waals surface area contributed by atoms with Crippen LogP contribution in [0.2, 0.25) is 0 Å². The van der Waals surface area contributed by atoms with Gasteiger partial charge in [-0.1, -0.05) is 0 Å². The van der Waals surface area contributed by atoms with Crippen LogP contribution < -0.4 is 5.73 Å². The quantitative estimate of drug-likeness (QED) is 0.264. The zero-order chi connectivity index (χ0) is 31.6. The molecule has 5 rings (SSSR count). The first kappa shape index (κ1) is 31.0. The van der Waals surface area contributed by atoms with Gasteiger partial charge in [0.15, 0.2) is 11.4 Å². The second kappa shape index (κ2) is 10.9. The van der Waals surface area contributed by atoms with Crippen LogP contribution in [0.1, 0.15) is 61.8 Å². The van der Waals surface area contributed by atoms with Crippen LogP contribution >= 0.6 is 0 Å². The number of nitrogens with zero attached hydrogens (tertiary/aromatic N) is 1. The van der Waals surface area contributed by atoms with Crippen molar-refractivity contribution in [1.82, 2.24) is 4.90 Å². The average molecular weight is 609 g/mol. The molecule has 4 aliphatic carbocycles. The Balaban J connectivity index is 1.59. The van der Waals surface area contributed by atoms with Gasteiger partial charge in [0.1, 0.15) is 22.8 Å². The number of hydrogen-bond acceptors (Lipinski definition) is 9. The van der Waals surface area contributed by atoms with Gasteiger partial charge in [0.2, 0.25) is 5.78 Å². The van der Waals surface area contributed by atoms with Crippen molar-refractivity contribution in [3.63, 3.8) is 0 Å². The minimum Gasteiger partial charge on any atom is -0.508 e. The Morgan fingerprint density at radius 1 is 1.19 bits per heavy atom. The van der Waals surface area contributed by atoms with Crippen molar-refractivity contribution in [1.29, 1.82) is 0 Å². The fourth-order valence-corrected chi connectivity index (χ4v) is 6.80. The van der Waals surface area contributed by atoms with Gasteiger partial charge in [-0.3, -0.25) is 19.3 Å². The lowest BCUT2D eigenvalue weighted by molar-refractivity contribution is -0.147. The minimum absolute atomic E-state index is 0.0552. The standard InChI is InChI=1S/C30H35F3N2O8/c1-13(2)43-6-5-35(11-14-3-4-14)12-16-9-19(36)22-18(24(16)30(31,32)33)8-15-7-17-10-20(37)23(28(34)41)27(40)29(17,42)26(39)21(15)25(22)38/h9,13-15,17,36,38,40,42H,3-8,10-12H2,1-2H3,(H2,34,41)/t15?,17-,29-/m0/s1. The summed E-state index contributed by atoms with van der Waals surface area (Å²) in [5, 5.41) is 44.2. The molecule has 1 unspecified atom stereocenters. The van der Waals surface area contributed by atoms with Crippen molar-refractivity contribution < 1.29 is 52.7 Å². The predicted octanol–water partition coefficient (Wildman–Crippen LogP) is 3.08. The van der Waals surface area contributed by atoms with Gasteiger partial charge in [0.05, 0.1) is 23.8 Å². The summed E-state index contributed by atoms with van der Waals surface area (Å²) in [4.78, 5) is 39.8. The van der Waals surface area contributed by atoms with E-state index in [1.165, 1.54) is 0 Å². The summed E-state index contributed by atoms with van der Waals surface area (Å²) >= 11 is 0. The van der Waals surface area contributed by atoms with Crippen LogP contribution in [-0.4, -0.2) is 74.2 Å². The molecule has 0 saturated heterocycles. The zero-order valence-corrected chi connectivity index (χ0v) is 23.8. The molecule has 43 heavy (non-hydrogen) atoms. The summed E-state index contributed by atoms with van der Waals surface area (Å²) in [5.41, 5.74) is -1.24. The van der Waals surface area contributed by atoms with Gasteiger partial charge in [-0.25, -0.2) is 0 Å². The van der Waals surface area contributed by atoms with Gasteiger partial charge in [-0.2, -0.15) is 13.2 Å². The number of ketones is 2. The molecule has 6 N–H and O–H groups in total. The molecule has 13 heteroatoms. The zero-order valence-electron chi connectivity index (χ0n) is 23.8. The average Bonchev–Trinajstić information content (AvgIpc) is 3.68. The Morgan fingerprint density at radius 3 is 2.44 bits per heavy atom. The van der Waals surface area contributed by atoms with Gasteiger partial charge >= 0.3 is 6.18 Å². The Morgan fingerprint density at radius 2 is 1.86 bits per heavy atom. The number of phenolic OH excluding ortho intramolecular Hbond substituents is 1. The first-order chi connectivity index (χ1) is 20.0. The number of aliphatic hydroxyl groups excluding tert-OH is 2. The molecule has 0 spiro atoms. The molecule has 2 saturated carbocycles. The predicted molar refractivity (Wildman–Crippen MR) is 145 cm³/mol. The highest BCUT2D eigenvalue weighted by molar-refractivity contribution is 6.22. The molecule has 1 amide bonds. The molecular formula is C30H35F3N2O8. The molecule has 0 aromatic heterocycles. The van der Waals surface area contributed by atoms with Crippen molar-refractivity contribution >= 4 is 23.2 Å². The van der Waals surface area contributed by atoms with Crippen LogP contribution in [0.5, 0.6) is 5.75 Å². The van der Waals surface area contributed by atoms with Gasteiger partial charge < -0.3 is 30.9 Å². The number of alkyl halides is 3. The van der Waals surface area contributed by atoms with E-state index in [9.17, 15) is 48.0 Å². The fraction of sp³-hybridized carbons (Fsp3) is 0.567. The maximum Gasteiger partial charge on any atom is 0.417 e. The number of amides is 1. The number of carbonyl (C=O) groups is 3. The summed E-state index contributed by atoms with van der Waals surface area (Å²) in [5.74, 6) is -8.40. The van der Waals surface area contributed by atoms with Gasteiger partial charge in [0.25, 0.3) is 5.91 Å². The number of phenols is 1. The molecule has 1 aromatic rings. The van der Waals surface area contributed by atoms with E-state index in [4.69, 9.17) is 10.5 Å². The molecule has 4 aliphatic rings. The number of nitrogens with two attached hydrogens (primary N) is 1. The summed E-state index contributed by atoms with van der Waals surface area (Å²) in [7, 11) is 0. The third kappa shape index (κ3) is 5.42. The monoisotopic (exact) mass is 608 g/mol. The van der Waals surface area contributed by atoms with Crippen molar-refractivity contribution in [2.75, 3.05) is 19.7 Å². The van der Waals surface area contributed by atoms with Crippen molar-refractivity contribution in [3.8, 4) is 5.75 Å². The van der Waals surface area contributed by atoms with Gasteiger partial charge in [0, 0.05) is 37.5 Å². The number of hydrogen-bond donors (Lipinski definition) is 5. The molecule has 0 radical (unpaired) electrons. The molecule has 10 nitrogen and oxygen atoms in total. The number of Topliss-reactive ketones (excluding diaryl/α,β-unsaturated/α-hetero) is 2. The molecule has 3 atom stereocenters. The number of primary amides is 1. The number of halogens is 3. The number of rotatable bonds is 9. The first-order valence-electron chi connectivity index (χ1n) is 14.3. The molecule has 2 fully saturated rings. The van der Waals surface area contributed by atoms with E-state index in [-0.39, 0.29) is 24.6 Å². The lowest BCUT2D eigenvalue weighted by Gasteiger charge is -2.46. The summed E-state index contributed by atoms with van der Waals surface area (Å²) < 4.78 is 49.9. The summed E-state index contributed by atoms with van der Waals surface area (Å²) in [6, 6.07) is 0.939. The molecule has 0 heterocycles. The van der Waals surface area contributed by atoms with Crippen molar-refractivity contribution in [2.24, 2.45) is 23.5 Å². The van der Waals surface area contributed by atoms with Crippen LogP contribution in [0.4, 0.5) is 13.2 Å². The summed E-state index contributed by atoms with van der Waals surface area (Å²) in [6.45, 7) is 4.81. The van der Waals surface area contributed by atoms with Crippen LogP contribution in [0.25, 0.3) is 5.76 Å². The fourth-order valence-electron chi connectivity index (χ4n) is 6.80. The number of aliphatic hydroxyl groups is 3. The van der Waals surface area contributed by atoms with Crippen LogP contribution in [0, 0.1) is 17.8 Å². The van der Waals surface area contributed by atoms with Crippen LogP contribution in [0.3, 0.4) is 0 Å². The van der Waals surface area contributed by atoms with Gasteiger partial charge in [-0.15, -0.1) is 0 Å². The highest BCUT2D eigenvalue weighted by Crippen LogP contribution is 2.54. The SMILES string of the molecule is CC(C)OCCN(Cc1cc(O)c2c(c1C(F)(F)F)CC1C[C@H]3CC(=O)C(C(N)=O)=C(O)[C@@]3(O)C(=O)C1=C2O)CC1CC1. The van der Waals surface area contributed by atoms with Crippen LogP contribution in [0.15, 0.2) is 23.0 Å². The molecule has 0 bridgehead atoms. The number of benzene rings is 1. The maximum absolute atomic E-state index is 14.8.